The highest BCUT2D eigenvalue weighted by Gasteiger charge is 2.40. The van der Waals surface area contributed by atoms with E-state index in [2.05, 4.69) is 0 Å². The van der Waals surface area contributed by atoms with Gasteiger partial charge in [-0.2, -0.15) is 0 Å². The smallest absolute Gasteiger partial charge is 0.369 e. The van der Waals surface area contributed by atoms with Gasteiger partial charge in [-0.15, -0.1) is 0 Å². The first-order valence-electron chi connectivity index (χ1n) is 9.10. The Morgan fingerprint density at radius 2 is 1.29 bits per heavy atom. The molecule has 10 nitrogen and oxygen atoms in total. The lowest BCUT2D eigenvalue weighted by Gasteiger charge is -2.26. The summed E-state index contributed by atoms with van der Waals surface area (Å²) in [5, 5.41) is 1.73. The van der Waals surface area contributed by atoms with Gasteiger partial charge in [0.2, 0.25) is 13.6 Å². The predicted molar refractivity (Wildman–Crippen MR) is 107 cm³/mol. The van der Waals surface area contributed by atoms with Crippen molar-refractivity contribution < 1.29 is 46.9 Å². The first-order valence-corrected chi connectivity index (χ1v) is 10.7. The second-order valence-electron chi connectivity index (χ2n) is 6.18. The van der Waals surface area contributed by atoms with Crippen molar-refractivity contribution in [2.75, 3.05) is 20.4 Å². The summed E-state index contributed by atoms with van der Waals surface area (Å²) < 4.78 is 43.8. The van der Waals surface area contributed by atoms with E-state index in [0.717, 1.165) is 24.6 Å². The van der Waals surface area contributed by atoms with Gasteiger partial charge in [0.1, 0.15) is 0 Å². The van der Waals surface area contributed by atoms with Crippen LogP contribution in [-0.2, 0) is 46.9 Å². The Balaban J connectivity index is 2.38. The van der Waals surface area contributed by atoms with Crippen LogP contribution in [0.4, 0.5) is 0 Å². The first-order chi connectivity index (χ1) is 14.7. The van der Waals surface area contributed by atoms with E-state index in [1.54, 1.807) is 18.2 Å². The third kappa shape index (κ3) is 7.76. The van der Waals surface area contributed by atoms with E-state index in [0.29, 0.717) is 5.56 Å². The summed E-state index contributed by atoms with van der Waals surface area (Å²) in [5.41, 5.74) is 0.375. The van der Waals surface area contributed by atoms with Crippen LogP contribution < -0.4 is 0 Å². The van der Waals surface area contributed by atoms with Gasteiger partial charge in [-0.25, -0.2) is 0 Å². The standard InChI is InChI=1S/C20H23O10P/c1-14(21)25-11-28-20(19-9-8-17-6-4-5-7-18(17)10-19)31(24,29-12-26-15(2)22)30-13-27-16(3)23/h4-10,20H,11-13H2,1-3H3. The number of ether oxygens (including phenoxy) is 4. The molecule has 0 bridgehead atoms. The van der Waals surface area contributed by atoms with Gasteiger partial charge in [-0.1, -0.05) is 36.4 Å². The third-order valence-corrected chi connectivity index (χ3v) is 5.78. The van der Waals surface area contributed by atoms with Crippen molar-refractivity contribution in [2.45, 2.75) is 26.6 Å². The molecule has 0 fully saturated rings. The van der Waals surface area contributed by atoms with Crippen molar-refractivity contribution in [2.24, 2.45) is 0 Å². The number of hydrogen-bond donors (Lipinski definition) is 0. The molecule has 0 aliphatic carbocycles. The Morgan fingerprint density at radius 3 is 1.84 bits per heavy atom. The van der Waals surface area contributed by atoms with Crippen LogP contribution in [0.1, 0.15) is 32.2 Å². The monoisotopic (exact) mass is 454 g/mol. The van der Waals surface area contributed by atoms with Gasteiger partial charge >= 0.3 is 25.5 Å². The normalized spacial score (nSPS) is 12.2. The molecule has 0 aromatic heterocycles. The summed E-state index contributed by atoms with van der Waals surface area (Å²) in [7, 11) is -4.27. The van der Waals surface area contributed by atoms with Crippen LogP contribution in [0.15, 0.2) is 42.5 Å². The Bertz CT molecular complexity index is 949. The van der Waals surface area contributed by atoms with Crippen molar-refractivity contribution in [1.82, 2.24) is 0 Å². The molecule has 0 radical (unpaired) electrons. The minimum atomic E-state index is -4.27. The van der Waals surface area contributed by atoms with Crippen molar-refractivity contribution in [3.8, 4) is 0 Å². The lowest BCUT2D eigenvalue weighted by Crippen LogP contribution is -2.16. The Kier molecular flexibility index (Phi) is 9.14. The predicted octanol–water partition coefficient (Wildman–Crippen LogP) is 3.64. The van der Waals surface area contributed by atoms with Crippen molar-refractivity contribution in [3.63, 3.8) is 0 Å². The van der Waals surface area contributed by atoms with E-state index < -0.39 is 51.7 Å². The Hall–Kier alpha value is -2.78. The molecule has 31 heavy (non-hydrogen) atoms. The molecule has 0 aliphatic rings. The maximum Gasteiger partial charge on any atom is 0.369 e. The highest BCUT2D eigenvalue weighted by Crippen LogP contribution is 2.61. The molecular weight excluding hydrogens is 431 g/mol. The molecular formula is C20H23O10P. The number of carbonyl (C=O) groups excluding carboxylic acids is 3. The number of carbonyl (C=O) groups is 3. The van der Waals surface area contributed by atoms with E-state index in [9.17, 15) is 18.9 Å². The van der Waals surface area contributed by atoms with Crippen molar-refractivity contribution >= 4 is 36.3 Å². The molecule has 1 atom stereocenters. The number of hydrogen-bond acceptors (Lipinski definition) is 10. The average molecular weight is 454 g/mol. The molecule has 168 valence electrons. The second kappa shape index (κ2) is 11.6. The lowest BCUT2D eigenvalue weighted by molar-refractivity contribution is -0.159. The molecule has 2 aromatic rings. The quantitative estimate of drug-likeness (QED) is 0.215. The molecule has 2 rings (SSSR count). The zero-order valence-electron chi connectivity index (χ0n) is 17.3. The van der Waals surface area contributed by atoms with E-state index in [-0.39, 0.29) is 0 Å². The molecule has 0 heterocycles. The zero-order valence-corrected chi connectivity index (χ0v) is 18.2. The topological polar surface area (TPSA) is 124 Å². The minimum Gasteiger partial charge on any atom is -0.439 e. The van der Waals surface area contributed by atoms with Crippen LogP contribution in [0.3, 0.4) is 0 Å². The fourth-order valence-electron chi connectivity index (χ4n) is 2.45. The molecule has 0 saturated carbocycles. The SMILES string of the molecule is CC(=O)OCOC(c1ccc2ccccc2c1)P(=O)(OCOC(C)=O)OCOC(C)=O. The zero-order chi connectivity index (χ0) is 22.9. The number of esters is 3. The summed E-state index contributed by atoms with van der Waals surface area (Å²) in [6.07, 6.45) is 0. The van der Waals surface area contributed by atoms with Gasteiger partial charge in [-0.3, -0.25) is 28.0 Å². The summed E-state index contributed by atoms with van der Waals surface area (Å²) >= 11 is 0. The minimum absolute atomic E-state index is 0.375. The Morgan fingerprint density at radius 1 is 0.774 bits per heavy atom. The molecule has 0 aliphatic heterocycles. The lowest BCUT2D eigenvalue weighted by atomic mass is 10.1. The first kappa shape index (κ1) is 24.5. The van der Waals surface area contributed by atoms with Crippen LogP contribution in [0, 0.1) is 0 Å². The summed E-state index contributed by atoms with van der Waals surface area (Å²) in [5.74, 6) is -3.35. The van der Waals surface area contributed by atoms with E-state index in [1.807, 2.05) is 24.3 Å². The summed E-state index contributed by atoms with van der Waals surface area (Å²) in [6.45, 7) is 1.52. The molecule has 0 saturated heterocycles. The van der Waals surface area contributed by atoms with Crippen LogP contribution in [0.5, 0.6) is 0 Å². The van der Waals surface area contributed by atoms with E-state index in [1.165, 1.54) is 6.92 Å². The maximum atomic E-state index is 13.6. The van der Waals surface area contributed by atoms with Crippen LogP contribution >= 0.6 is 7.60 Å². The fraction of sp³-hybridized carbons (Fsp3) is 0.350. The molecule has 1 unspecified atom stereocenters. The van der Waals surface area contributed by atoms with Gasteiger partial charge in [-0.05, 0) is 22.4 Å². The van der Waals surface area contributed by atoms with Crippen molar-refractivity contribution in [3.05, 3.63) is 48.0 Å². The number of rotatable bonds is 11. The van der Waals surface area contributed by atoms with Gasteiger partial charge in [0.15, 0.2) is 12.6 Å². The third-order valence-electron chi connectivity index (χ3n) is 3.82. The number of fused-ring (bicyclic) bond motifs is 1. The van der Waals surface area contributed by atoms with Gasteiger partial charge in [0.05, 0.1) is 0 Å². The molecule has 0 N–H and O–H groups in total. The maximum absolute atomic E-state index is 13.6. The van der Waals surface area contributed by atoms with Crippen LogP contribution in [-0.4, -0.2) is 38.3 Å². The van der Waals surface area contributed by atoms with Crippen LogP contribution in [0.2, 0.25) is 0 Å². The molecule has 2 aromatic carbocycles. The summed E-state index contributed by atoms with van der Waals surface area (Å²) in [6, 6.07) is 12.5. The van der Waals surface area contributed by atoms with E-state index in [4.69, 9.17) is 28.0 Å². The summed E-state index contributed by atoms with van der Waals surface area (Å²) in [4.78, 5) is 33.3. The largest absolute Gasteiger partial charge is 0.439 e. The Labute approximate surface area is 178 Å². The van der Waals surface area contributed by atoms with Crippen LogP contribution in [0.25, 0.3) is 10.8 Å². The highest BCUT2D eigenvalue weighted by atomic mass is 31.2. The van der Waals surface area contributed by atoms with Gasteiger partial charge in [0, 0.05) is 20.8 Å². The molecule has 11 heteroatoms. The second-order valence-corrected chi connectivity index (χ2v) is 8.25. The average Bonchev–Trinajstić information content (AvgIpc) is 2.70. The molecule has 0 spiro atoms. The van der Waals surface area contributed by atoms with Gasteiger partial charge < -0.3 is 18.9 Å². The number of benzene rings is 2. The van der Waals surface area contributed by atoms with E-state index >= 15 is 0 Å². The van der Waals surface area contributed by atoms with Crippen molar-refractivity contribution in [1.29, 1.82) is 0 Å². The fourth-order valence-corrected chi connectivity index (χ4v) is 3.96. The molecule has 0 amide bonds. The highest BCUT2D eigenvalue weighted by molar-refractivity contribution is 7.54. The van der Waals surface area contributed by atoms with Gasteiger partial charge in [0.25, 0.3) is 0 Å².